The Bertz CT molecular complexity index is 807. The summed E-state index contributed by atoms with van der Waals surface area (Å²) in [5, 5.41) is 35.1. The van der Waals surface area contributed by atoms with E-state index in [1.807, 2.05) is 0 Å². The number of likely N-dealkylation sites (tertiary alicyclic amines) is 3. The van der Waals surface area contributed by atoms with E-state index in [1.165, 1.54) is 7.11 Å². The fraction of sp³-hybridized carbons (Fsp3) is 0.783. The molecule has 3 aliphatic heterocycles. The molecule has 0 aliphatic carbocycles. The Morgan fingerprint density at radius 3 is 1.94 bits per heavy atom. The van der Waals surface area contributed by atoms with Crippen LogP contribution in [-0.2, 0) is 14.3 Å². The topological polar surface area (TPSA) is 145 Å². The van der Waals surface area contributed by atoms with Gasteiger partial charge in [-0.15, -0.1) is 0 Å². The lowest BCUT2D eigenvalue weighted by Gasteiger charge is -2.30. The Morgan fingerprint density at radius 1 is 0.909 bits per heavy atom. The largest absolute Gasteiger partial charge is 0.480 e. The van der Waals surface area contributed by atoms with Gasteiger partial charge in [-0.2, -0.15) is 0 Å². The van der Waals surface area contributed by atoms with E-state index < -0.39 is 18.1 Å². The highest BCUT2D eigenvalue weighted by Gasteiger charge is 2.42. The molecule has 0 spiro atoms. The highest BCUT2D eigenvalue weighted by Crippen LogP contribution is 2.33. The molecule has 0 aromatic heterocycles. The third kappa shape index (κ3) is 5.30. The number of nitrogens with zero attached hydrogens (tertiary/aromatic N) is 3. The molecule has 3 rings (SSSR count). The van der Waals surface area contributed by atoms with E-state index in [1.54, 1.807) is 16.7 Å². The van der Waals surface area contributed by atoms with Crippen molar-refractivity contribution >= 4 is 29.4 Å². The van der Waals surface area contributed by atoms with Gasteiger partial charge in [0.2, 0.25) is 0 Å². The zero-order chi connectivity index (χ0) is 24.4. The molecule has 10 nitrogen and oxygen atoms in total. The average Bonchev–Trinajstić information content (AvgIpc) is 3.44. The third-order valence-electron chi connectivity index (χ3n) is 7.54. The fourth-order valence-corrected chi connectivity index (χ4v) is 5.90. The summed E-state index contributed by atoms with van der Waals surface area (Å²) in [7, 11) is 1.33. The summed E-state index contributed by atoms with van der Waals surface area (Å²) in [6.07, 6.45) is 3.93. The van der Waals surface area contributed by atoms with Gasteiger partial charge in [0, 0.05) is 38.0 Å². The quantitative estimate of drug-likeness (QED) is 0.269. The van der Waals surface area contributed by atoms with Crippen molar-refractivity contribution in [3.05, 3.63) is 0 Å². The first kappa shape index (κ1) is 25.0. The number of carbonyl (C=O) groups excluding carboxylic acids is 1. The molecule has 0 saturated carbocycles. The summed E-state index contributed by atoms with van der Waals surface area (Å²) in [4.78, 5) is 29.6. The number of methoxy groups -OCH3 is 1. The Kier molecular flexibility index (Phi) is 7.64. The van der Waals surface area contributed by atoms with Crippen LogP contribution in [0.4, 0.5) is 0 Å². The first-order valence-corrected chi connectivity index (χ1v) is 11.9. The zero-order valence-electron chi connectivity index (χ0n) is 20.1. The second-order valence-corrected chi connectivity index (χ2v) is 9.97. The van der Waals surface area contributed by atoms with E-state index in [4.69, 9.17) is 21.0 Å². The average molecular weight is 463 g/mol. The predicted molar refractivity (Wildman–Crippen MR) is 125 cm³/mol. The normalized spacial score (nSPS) is 31.7. The first-order chi connectivity index (χ1) is 15.5. The number of amidine groups is 3. The molecular formula is C23H38N6O4. The molecule has 4 N–H and O–H groups in total. The van der Waals surface area contributed by atoms with Gasteiger partial charge < -0.3 is 24.5 Å². The summed E-state index contributed by atoms with van der Waals surface area (Å²) in [5.41, 5.74) is 0. The maximum atomic E-state index is 12.1. The Labute approximate surface area is 195 Å². The van der Waals surface area contributed by atoms with Gasteiger partial charge in [0.25, 0.3) is 0 Å². The van der Waals surface area contributed by atoms with E-state index in [0.717, 1.165) is 12.8 Å². The van der Waals surface area contributed by atoms with Crippen LogP contribution in [0.5, 0.6) is 0 Å². The smallest absolute Gasteiger partial charge is 0.328 e. The SMILES string of the molecule is COC(=O)C1CC(CC(=N)N2CC(CC(=N)N3C(C)CCC3C)CC2C(=O)O)CN1C(C)=N. The van der Waals surface area contributed by atoms with E-state index >= 15 is 0 Å². The molecule has 0 radical (unpaired) electrons. The first-order valence-electron chi connectivity index (χ1n) is 11.9. The van der Waals surface area contributed by atoms with Crippen molar-refractivity contribution in [1.29, 1.82) is 16.2 Å². The van der Waals surface area contributed by atoms with Crippen LogP contribution in [0.2, 0.25) is 0 Å². The lowest BCUT2D eigenvalue weighted by atomic mass is 10.00. The number of rotatable bonds is 6. The summed E-state index contributed by atoms with van der Waals surface area (Å²) in [5.74, 6) is -0.212. The minimum absolute atomic E-state index is 0.0191. The second-order valence-electron chi connectivity index (χ2n) is 9.97. The van der Waals surface area contributed by atoms with E-state index in [2.05, 4.69) is 18.7 Å². The van der Waals surface area contributed by atoms with Crippen molar-refractivity contribution in [2.75, 3.05) is 20.2 Å². The Balaban J connectivity index is 1.63. The number of carboxylic acid groups (broad SMARTS) is 1. The van der Waals surface area contributed by atoms with Gasteiger partial charge in [-0.05, 0) is 58.3 Å². The predicted octanol–water partition coefficient (Wildman–Crippen LogP) is 2.23. The molecule has 33 heavy (non-hydrogen) atoms. The van der Waals surface area contributed by atoms with Crippen molar-refractivity contribution in [2.24, 2.45) is 11.8 Å². The minimum atomic E-state index is -0.937. The van der Waals surface area contributed by atoms with Crippen molar-refractivity contribution in [2.45, 2.75) is 83.5 Å². The number of hydrogen-bond donors (Lipinski definition) is 4. The molecule has 0 aromatic carbocycles. The highest BCUT2D eigenvalue weighted by molar-refractivity contribution is 5.88. The van der Waals surface area contributed by atoms with Gasteiger partial charge in [0.05, 0.1) is 24.6 Å². The molecule has 3 saturated heterocycles. The monoisotopic (exact) mass is 462 g/mol. The number of aliphatic carboxylic acids is 1. The Hall–Kier alpha value is -2.65. The molecular weight excluding hydrogens is 424 g/mol. The number of carboxylic acids is 1. The van der Waals surface area contributed by atoms with Gasteiger partial charge in [-0.25, -0.2) is 9.59 Å². The van der Waals surface area contributed by atoms with Crippen LogP contribution in [0.3, 0.4) is 0 Å². The van der Waals surface area contributed by atoms with Crippen molar-refractivity contribution < 1.29 is 19.4 Å². The van der Waals surface area contributed by atoms with Gasteiger partial charge in [-0.3, -0.25) is 16.2 Å². The number of ether oxygens (including phenoxy) is 1. The molecule has 6 unspecified atom stereocenters. The molecule has 6 atom stereocenters. The minimum Gasteiger partial charge on any atom is -0.480 e. The molecule has 0 amide bonds. The van der Waals surface area contributed by atoms with Gasteiger partial charge in [-0.1, -0.05) is 0 Å². The van der Waals surface area contributed by atoms with Crippen molar-refractivity contribution in [3.63, 3.8) is 0 Å². The molecule has 10 heteroatoms. The molecule has 3 heterocycles. The summed E-state index contributed by atoms with van der Waals surface area (Å²) >= 11 is 0. The fourth-order valence-electron chi connectivity index (χ4n) is 5.90. The zero-order valence-corrected chi connectivity index (χ0v) is 20.1. The van der Waals surface area contributed by atoms with E-state index in [-0.39, 0.29) is 29.5 Å². The van der Waals surface area contributed by atoms with Gasteiger partial charge in [0.15, 0.2) is 0 Å². The highest BCUT2D eigenvalue weighted by atomic mass is 16.5. The molecule has 0 bridgehead atoms. The number of carbonyl (C=O) groups is 2. The van der Waals surface area contributed by atoms with Crippen molar-refractivity contribution in [1.82, 2.24) is 14.7 Å². The van der Waals surface area contributed by atoms with Crippen LogP contribution in [0.15, 0.2) is 0 Å². The Morgan fingerprint density at radius 2 is 1.42 bits per heavy atom. The van der Waals surface area contributed by atoms with Crippen LogP contribution in [-0.4, -0.2) is 93.6 Å². The number of hydrogen-bond acceptors (Lipinski definition) is 6. The third-order valence-corrected chi connectivity index (χ3v) is 7.54. The standard InChI is InChI=1S/C23H38N6O4/c1-13-5-6-14(2)29(13)21(26)10-16-7-18(22(30)31)28(12-16)20(25)9-17-8-19(23(32)33-4)27(11-17)15(3)24/h13-14,16-19,24-26H,5-12H2,1-4H3,(H,30,31). The van der Waals surface area contributed by atoms with E-state index in [9.17, 15) is 14.7 Å². The molecule has 3 fully saturated rings. The second kappa shape index (κ2) is 10.1. The molecule has 0 aromatic rings. The maximum absolute atomic E-state index is 12.1. The summed E-state index contributed by atoms with van der Waals surface area (Å²) in [6.45, 7) is 6.83. The molecule has 3 aliphatic rings. The lowest BCUT2D eigenvalue weighted by Crippen LogP contribution is -2.41. The van der Waals surface area contributed by atoms with Gasteiger partial charge >= 0.3 is 11.9 Å². The van der Waals surface area contributed by atoms with Crippen LogP contribution in [0.1, 0.15) is 59.3 Å². The van der Waals surface area contributed by atoms with Gasteiger partial charge in [0.1, 0.15) is 12.1 Å². The summed E-state index contributed by atoms with van der Waals surface area (Å²) in [6, 6.07) is -0.619. The van der Waals surface area contributed by atoms with Crippen molar-refractivity contribution in [3.8, 4) is 0 Å². The van der Waals surface area contributed by atoms with E-state index in [0.29, 0.717) is 56.7 Å². The van der Waals surface area contributed by atoms with Crippen LogP contribution in [0.25, 0.3) is 0 Å². The van der Waals surface area contributed by atoms with Crippen LogP contribution >= 0.6 is 0 Å². The maximum Gasteiger partial charge on any atom is 0.328 e. The number of nitrogens with one attached hydrogen (secondary N) is 3. The summed E-state index contributed by atoms with van der Waals surface area (Å²) < 4.78 is 4.88. The molecule has 184 valence electrons. The van der Waals surface area contributed by atoms with Crippen LogP contribution < -0.4 is 0 Å². The number of esters is 1. The van der Waals surface area contributed by atoms with Crippen LogP contribution in [0, 0.1) is 28.1 Å². The lowest BCUT2D eigenvalue weighted by molar-refractivity contribution is -0.144.